The topological polar surface area (TPSA) is 76.1 Å². The van der Waals surface area contributed by atoms with Gasteiger partial charge in [0.25, 0.3) is 0 Å². The number of hydrogen-bond donors (Lipinski definition) is 2. The molecule has 1 aliphatic heterocycles. The van der Waals surface area contributed by atoms with E-state index in [0.717, 1.165) is 48.6 Å². The fourth-order valence-corrected chi connectivity index (χ4v) is 4.74. The molecule has 0 aromatic heterocycles. The van der Waals surface area contributed by atoms with Gasteiger partial charge in [-0.15, -0.1) is 0 Å². The summed E-state index contributed by atoms with van der Waals surface area (Å²) in [5.41, 5.74) is 2.41. The number of alkyl halides is 3. The number of nitrogens with zero attached hydrogens (tertiary/aromatic N) is 3. The summed E-state index contributed by atoms with van der Waals surface area (Å²) >= 11 is 0. The summed E-state index contributed by atoms with van der Waals surface area (Å²) in [6, 6.07) is 11.1. The molecule has 4 rings (SSSR count). The SMILES string of the molecule is CN(CCN(Cc1ccccc1C(F)(F)F)C(=O)CNc1cccc2c1CCN(CC1CC1)C2)C(=O)O. The Hall–Kier alpha value is -3.27. The van der Waals surface area contributed by atoms with Crippen molar-refractivity contribution < 1.29 is 27.9 Å². The fraction of sp³-hybridized carbons (Fsp3) is 0.481. The van der Waals surface area contributed by atoms with Crippen LogP contribution in [0.1, 0.15) is 35.1 Å². The molecule has 10 heteroatoms. The van der Waals surface area contributed by atoms with Crippen LogP contribution >= 0.6 is 0 Å². The van der Waals surface area contributed by atoms with Gasteiger partial charge in [-0.2, -0.15) is 13.2 Å². The van der Waals surface area contributed by atoms with Crippen LogP contribution < -0.4 is 5.32 Å². The average molecular weight is 519 g/mol. The molecule has 2 aromatic rings. The molecule has 2 N–H and O–H groups in total. The number of hydrogen-bond acceptors (Lipinski definition) is 4. The predicted octanol–water partition coefficient (Wildman–Crippen LogP) is 4.52. The lowest BCUT2D eigenvalue weighted by molar-refractivity contribution is -0.139. The quantitative estimate of drug-likeness (QED) is 0.484. The highest BCUT2D eigenvalue weighted by Gasteiger charge is 2.34. The van der Waals surface area contributed by atoms with Gasteiger partial charge in [0.2, 0.25) is 5.91 Å². The van der Waals surface area contributed by atoms with E-state index in [1.165, 1.54) is 54.1 Å². The van der Waals surface area contributed by atoms with Crippen molar-refractivity contribution in [2.45, 2.75) is 38.5 Å². The maximum atomic E-state index is 13.5. The van der Waals surface area contributed by atoms with Gasteiger partial charge in [-0.1, -0.05) is 30.3 Å². The van der Waals surface area contributed by atoms with Crippen molar-refractivity contribution in [2.75, 3.05) is 45.1 Å². The smallest absolute Gasteiger partial charge is 0.416 e. The Balaban J connectivity index is 1.45. The lowest BCUT2D eigenvalue weighted by Gasteiger charge is -2.30. The molecule has 0 atom stereocenters. The number of halogens is 3. The summed E-state index contributed by atoms with van der Waals surface area (Å²) in [4.78, 5) is 29.2. The van der Waals surface area contributed by atoms with E-state index in [2.05, 4.69) is 16.3 Å². The molecular formula is C27H33F3N4O3. The molecule has 200 valence electrons. The number of carbonyl (C=O) groups is 2. The van der Waals surface area contributed by atoms with Crippen molar-refractivity contribution in [1.82, 2.24) is 14.7 Å². The lowest BCUT2D eigenvalue weighted by atomic mass is 9.97. The van der Waals surface area contributed by atoms with Crippen LogP contribution in [0.5, 0.6) is 0 Å². The van der Waals surface area contributed by atoms with E-state index in [4.69, 9.17) is 5.11 Å². The molecule has 7 nitrogen and oxygen atoms in total. The third-order valence-corrected chi connectivity index (χ3v) is 7.06. The zero-order valence-corrected chi connectivity index (χ0v) is 20.9. The van der Waals surface area contributed by atoms with Crippen LogP contribution in [0.15, 0.2) is 42.5 Å². The van der Waals surface area contributed by atoms with Gasteiger partial charge in [-0.3, -0.25) is 9.69 Å². The molecule has 0 unspecified atom stereocenters. The van der Waals surface area contributed by atoms with Crippen LogP contribution in [-0.4, -0.2) is 71.6 Å². The Morgan fingerprint density at radius 2 is 1.86 bits per heavy atom. The second kappa shape index (κ2) is 11.4. The van der Waals surface area contributed by atoms with Crippen LogP contribution in [0.25, 0.3) is 0 Å². The van der Waals surface area contributed by atoms with Crippen LogP contribution in [0, 0.1) is 5.92 Å². The van der Waals surface area contributed by atoms with E-state index in [0.29, 0.717) is 0 Å². The molecule has 0 radical (unpaired) electrons. The van der Waals surface area contributed by atoms with E-state index < -0.39 is 23.7 Å². The van der Waals surface area contributed by atoms with Crippen molar-refractivity contribution in [3.63, 3.8) is 0 Å². The monoisotopic (exact) mass is 518 g/mol. The lowest BCUT2D eigenvalue weighted by Crippen LogP contribution is -2.41. The third-order valence-electron chi connectivity index (χ3n) is 7.06. The third kappa shape index (κ3) is 7.15. The average Bonchev–Trinajstić information content (AvgIpc) is 3.68. The van der Waals surface area contributed by atoms with Crippen molar-refractivity contribution in [3.8, 4) is 0 Å². The second-order valence-electron chi connectivity index (χ2n) is 9.90. The number of fused-ring (bicyclic) bond motifs is 1. The molecule has 1 aliphatic carbocycles. The van der Waals surface area contributed by atoms with E-state index in [9.17, 15) is 22.8 Å². The first kappa shape index (κ1) is 26.8. The maximum Gasteiger partial charge on any atom is 0.416 e. The van der Waals surface area contributed by atoms with Crippen LogP contribution in [0.2, 0.25) is 0 Å². The molecule has 0 saturated heterocycles. The minimum Gasteiger partial charge on any atom is -0.465 e. The summed E-state index contributed by atoms with van der Waals surface area (Å²) in [6.07, 6.45) is -2.25. The van der Waals surface area contributed by atoms with Crippen molar-refractivity contribution in [2.24, 2.45) is 5.92 Å². The molecule has 0 spiro atoms. The van der Waals surface area contributed by atoms with Crippen LogP contribution in [-0.2, 0) is 30.5 Å². The molecule has 1 fully saturated rings. The van der Waals surface area contributed by atoms with Gasteiger partial charge in [-0.25, -0.2) is 4.79 Å². The van der Waals surface area contributed by atoms with Crippen molar-refractivity contribution in [3.05, 3.63) is 64.7 Å². The highest BCUT2D eigenvalue weighted by atomic mass is 19.4. The summed E-state index contributed by atoms with van der Waals surface area (Å²) in [5, 5.41) is 12.4. The Morgan fingerprint density at radius 3 is 2.57 bits per heavy atom. The zero-order chi connectivity index (χ0) is 26.6. The number of carbonyl (C=O) groups excluding carboxylic acids is 1. The second-order valence-corrected chi connectivity index (χ2v) is 9.90. The molecule has 0 bridgehead atoms. The largest absolute Gasteiger partial charge is 0.465 e. The Bertz CT molecular complexity index is 1120. The van der Waals surface area contributed by atoms with Gasteiger partial charge in [-0.05, 0) is 54.0 Å². The Kier molecular flexibility index (Phi) is 8.26. The molecule has 1 saturated carbocycles. The highest BCUT2D eigenvalue weighted by molar-refractivity contribution is 5.81. The summed E-state index contributed by atoms with van der Waals surface area (Å²) in [5.74, 6) is 0.411. The highest BCUT2D eigenvalue weighted by Crippen LogP contribution is 2.34. The number of benzene rings is 2. The van der Waals surface area contributed by atoms with Crippen molar-refractivity contribution >= 4 is 17.7 Å². The minimum atomic E-state index is -4.56. The summed E-state index contributed by atoms with van der Waals surface area (Å²) < 4.78 is 40.6. The molecular weight excluding hydrogens is 485 g/mol. The Labute approximate surface area is 214 Å². The number of rotatable bonds is 10. The number of likely N-dealkylation sites (N-methyl/N-ethyl adjacent to an activating group) is 1. The minimum absolute atomic E-state index is 0.0210. The van der Waals surface area contributed by atoms with Gasteiger partial charge in [0.1, 0.15) is 0 Å². The van der Waals surface area contributed by atoms with E-state index in [1.807, 2.05) is 12.1 Å². The first-order valence-corrected chi connectivity index (χ1v) is 12.6. The van der Waals surface area contributed by atoms with Gasteiger partial charge < -0.3 is 20.2 Å². The van der Waals surface area contributed by atoms with Gasteiger partial charge >= 0.3 is 12.3 Å². The first-order chi connectivity index (χ1) is 17.6. The van der Waals surface area contributed by atoms with E-state index in [-0.39, 0.29) is 31.7 Å². The number of nitrogens with one attached hydrogen (secondary N) is 1. The number of anilines is 1. The number of carboxylic acid groups (broad SMARTS) is 1. The van der Waals surface area contributed by atoms with E-state index >= 15 is 0 Å². The Morgan fingerprint density at radius 1 is 1.11 bits per heavy atom. The van der Waals surface area contributed by atoms with Gasteiger partial charge in [0.05, 0.1) is 12.1 Å². The van der Waals surface area contributed by atoms with Crippen molar-refractivity contribution in [1.29, 1.82) is 0 Å². The summed E-state index contributed by atoms with van der Waals surface area (Å²) in [7, 11) is 1.36. The normalized spacial score (nSPS) is 15.7. The van der Waals surface area contributed by atoms with E-state index in [1.54, 1.807) is 0 Å². The first-order valence-electron chi connectivity index (χ1n) is 12.6. The zero-order valence-electron chi connectivity index (χ0n) is 20.9. The van der Waals surface area contributed by atoms with Gasteiger partial charge in [0.15, 0.2) is 0 Å². The molecule has 2 amide bonds. The standard InChI is InChI=1S/C27H33F3N4O3/c1-32(26(36)37)13-14-34(18-21-5-2-3-7-23(21)27(28,29)30)25(35)15-31-24-8-4-6-20-17-33(12-11-22(20)24)16-19-9-10-19/h2-8,19,31H,9-18H2,1H3,(H,36,37). The summed E-state index contributed by atoms with van der Waals surface area (Å²) in [6.45, 7) is 2.52. The number of amides is 2. The molecule has 2 aliphatic rings. The predicted molar refractivity (Wildman–Crippen MR) is 134 cm³/mol. The fourth-order valence-electron chi connectivity index (χ4n) is 4.74. The van der Waals surface area contributed by atoms with Crippen LogP contribution in [0.3, 0.4) is 0 Å². The maximum absolute atomic E-state index is 13.5. The molecule has 1 heterocycles. The van der Waals surface area contributed by atoms with Gasteiger partial charge in [0, 0.05) is 52.0 Å². The molecule has 37 heavy (non-hydrogen) atoms. The van der Waals surface area contributed by atoms with Crippen LogP contribution in [0.4, 0.5) is 23.7 Å². The molecule has 2 aromatic carbocycles.